The van der Waals surface area contributed by atoms with E-state index >= 15 is 0 Å². The van der Waals surface area contributed by atoms with Crippen molar-refractivity contribution in [2.75, 3.05) is 5.32 Å². The van der Waals surface area contributed by atoms with Gasteiger partial charge in [-0.1, -0.05) is 11.6 Å². The molecule has 0 atom stereocenters. The third-order valence-electron chi connectivity index (χ3n) is 3.04. The number of hydrogen-bond donors (Lipinski definition) is 2. The van der Waals surface area contributed by atoms with Gasteiger partial charge in [0.2, 0.25) is 0 Å². The molecule has 2 heterocycles. The molecule has 6 heteroatoms. The van der Waals surface area contributed by atoms with Crippen LogP contribution in [0.5, 0.6) is 0 Å². The molecule has 0 aliphatic rings. The first-order chi connectivity index (χ1) is 10.2. The monoisotopic (exact) mass is 296 g/mol. The van der Waals surface area contributed by atoms with Crippen LogP contribution in [0.3, 0.4) is 0 Å². The summed E-state index contributed by atoms with van der Waals surface area (Å²) in [6.45, 7) is 0. The fourth-order valence-electron chi connectivity index (χ4n) is 2.06. The van der Waals surface area contributed by atoms with Gasteiger partial charge in [-0.3, -0.25) is 9.78 Å². The smallest absolute Gasteiger partial charge is 0.268 e. The van der Waals surface area contributed by atoms with Crippen molar-refractivity contribution in [3.05, 3.63) is 63.7 Å². The van der Waals surface area contributed by atoms with Crippen molar-refractivity contribution < 1.29 is 0 Å². The zero-order valence-electron chi connectivity index (χ0n) is 10.7. The molecular weight excluding hydrogens is 288 g/mol. The van der Waals surface area contributed by atoms with E-state index in [4.69, 9.17) is 11.6 Å². The van der Waals surface area contributed by atoms with Crippen molar-refractivity contribution in [3.8, 4) is 6.07 Å². The molecule has 3 rings (SSSR count). The van der Waals surface area contributed by atoms with Crippen LogP contribution in [0.15, 0.2) is 47.5 Å². The standard InChI is InChI=1S/C15H9ClN4O/c16-9-1-3-10(4-2-9)19-14-11-5-6-18-8-13(11)20-15(21)12(14)7-17/h1-6,8H,(H2,19,20,21). The van der Waals surface area contributed by atoms with Gasteiger partial charge in [0.25, 0.3) is 5.56 Å². The average Bonchev–Trinajstić information content (AvgIpc) is 2.49. The topological polar surface area (TPSA) is 81.6 Å². The number of nitrogens with zero attached hydrogens (tertiary/aromatic N) is 2. The number of rotatable bonds is 2. The Balaban J connectivity index is 2.22. The van der Waals surface area contributed by atoms with E-state index in [0.29, 0.717) is 16.2 Å². The average molecular weight is 297 g/mol. The van der Waals surface area contributed by atoms with Gasteiger partial charge in [0, 0.05) is 22.3 Å². The molecule has 3 aromatic rings. The van der Waals surface area contributed by atoms with Crippen LogP contribution in [0, 0.1) is 11.3 Å². The Morgan fingerprint density at radius 2 is 2.00 bits per heavy atom. The maximum Gasteiger partial charge on any atom is 0.268 e. The van der Waals surface area contributed by atoms with Gasteiger partial charge in [0.15, 0.2) is 0 Å². The summed E-state index contributed by atoms with van der Waals surface area (Å²) in [5.74, 6) is 0. The lowest BCUT2D eigenvalue weighted by Crippen LogP contribution is -2.13. The predicted octanol–water partition coefficient (Wildman–Crippen LogP) is 3.19. The van der Waals surface area contributed by atoms with Crippen LogP contribution in [0.1, 0.15) is 5.56 Å². The van der Waals surface area contributed by atoms with E-state index in [0.717, 1.165) is 11.1 Å². The SMILES string of the molecule is N#Cc1c(Nc2ccc(Cl)cc2)c2ccncc2[nH]c1=O. The largest absolute Gasteiger partial charge is 0.354 e. The second-order valence-corrected chi connectivity index (χ2v) is 4.81. The number of halogens is 1. The Labute approximate surface area is 124 Å². The molecule has 1 aromatic carbocycles. The van der Waals surface area contributed by atoms with Gasteiger partial charge >= 0.3 is 0 Å². The summed E-state index contributed by atoms with van der Waals surface area (Å²) in [7, 11) is 0. The molecule has 2 N–H and O–H groups in total. The summed E-state index contributed by atoms with van der Waals surface area (Å²) in [6, 6.07) is 10.7. The molecule has 0 saturated heterocycles. The lowest BCUT2D eigenvalue weighted by molar-refractivity contribution is 1.24. The number of aromatic amines is 1. The van der Waals surface area contributed by atoms with Crippen molar-refractivity contribution in [1.29, 1.82) is 5.26 Å². The number of nitrogens with one attached hydrogen (secondary N) is 2. The highest BCUT2D eigenvalue weighted by atomic mass is 35.5. The summed E-state index contributed by atoms with van der Waals surface area (Å²) < 4.78 is 0. The van der Waals surface area contributed by atoms with E-state index in [1.54, 1.807) is 42.7 Å². The van der Waals surface area contributed by atoms with Gasteiger partial charge in [-0.15, -0.1) is 0 Å². The molecule has 21 heavy (non-hydrogen) atoms. The van der Waals surface area contributed by atoms with E-state index in [-0.39, 0.29) is 5.56 Å². The Bertz CT molecular complexity index is 910. The van der Waals surface area contributed by atoms with Gasteiger partial charge in [-0.25, -0.2) is 0 Å². The molecule has 0 amide bonds. The summed E-state index contributed by atoms with van der Waals surface area (Å²) in [5.41, 5.74) is 1.34. The van der Waals surface area contributed by atoms with Gasteiger partial charge in [-0.05, 0) is 30.3 Å². The second kappa shape index (κ2) is 5.27. The zero-order chi connectivity index (χ0) is 14.8. The van der Waals surface area contributed by atoms with E-state index in [1.807, 2.05) is 6.07 Å². The van der Waals surface area contributed by atoms with Crippen molar-refractivity contribution in [2.24, 2.45) is 0 Å². The maximum atomic E-state index is 12.0. The van der Waals surface area contributed by atoms with Gasteiger partial charge in [0.05, 0.1) is 17.4 Å². The highest BCUT2D eigenvalue weighted by Crippen LogP contribution is 2.26. The first-order valence-corrected chi connectivity index (χ1v) is 6.49. The quantitative estimate of drug-likeness (QED) is 0.761. The van der Waals surface area contributed by atoms with Crippen LogP contribution in [0.25, 0.3) is 10.9 Å². The first-order valence-electron chi connectivity index (χ1n) is 6.12. The number of H-pyrrole nitrogens is 1. The maximum absolute atomic E-state index is 12.0. The first kappa shape index (κ1) is 13.2. The molecular formula is C15H9ClN4O. The van der Waals surface area contributed by atoms with Gasteiger partial charge in [-0.2, -0.15) is 5.26 Å². The highest BCUT2D eigenvalue weighted by Gasteiger charge is 2.12. The molecule has 102 valence electrons. The van der Waals surface area contributed by atoms with Gasteiger partial charge in [0.1, 0.15) is 11.6 Å². The molecule has 0 unspecified atom stereocenters. The lowest BCUT2D eigenvalue weighted by Gasteiger charge is -2.11. The van der Waals surface area contributed by atoms with Crippen LogP contribution in [-0.4, -0.2) is 9.97 Å². The number of pyridine rings is 2. The fraction of sp³-hybridized carbons (Fsp3) is 0. The molecule has 0 spiro atoms. The molecule has 0 bridgehead atoms. The van der Waals surface area contributed by atoms with E-state index in [9.17, 15) is 10.1 Å². The third-order valence-corrected chi connectivity index (χ3v) is 3.29. The molecule has 0 fully saturated rings. The summed E-state index contributed by atoms with van der Waals surface area (Å²) in [6.07, 6.45) is 3.15. The van der Waals surface area contributed by atoms with E-state index in [1.165, 1.54) is 0 Å². The van der Waals surface area contributed by atoms with Crippen LogP contribution in [-0.2, 0) is 0 Å². The van der Waals surface area contributed by atoms with Gasteiger partial charge < -0.3 is 10.3 Å². The van der Waals surface area contributed by atoms with Crippen molar-refractivity contribution in [2.45, 2.75) is 0 Å². The second-order valence-electron chi connectivity index (χ2n) is 4.37. The van der Waals surface area contributed by atoms with E-state index < -0.39 is 5.56 Å². The number of anilines is 2. The number of benzene rings is 1. The Morgan fingerprint density at radius 1 is 1.24 bits per heavy atom. The Hall–Kier alpha value is -2.84. The molecule has 0 radical (unpaired) electrons. The van der Waals surface area contributed by atoms with Crippen LogP contribution < -0.4 is 10.9 Å². The number of aromatic nitrogens is 2. The number of hydrogen-bond acceptors (Lipinski definition) is 4. The third kappa shape index (κ3) is 2.45. The van der Waals surface area contributed by atoms with E-state index in [2.05, 4.69) is 15.3 Å². The molecule has 2 aromatic heterocycles. The lowest BCUT2D eigenvalue weighted by atomic mass is 10.1. The normalized spacial score (nSPS) is 10.3. The highest BCUT2D eigenvalue weighted by molar-refractivity contribution is 6.30. The molecule has 0 aliphatic carbocycles. The number of fused-ring (bicyclic) bond motifs is 1. The van der Waals surface area contributed by atoms with Crippen LogP contribution in [0.2, 0.25) is 5.02 Å². The summed E-state index contributed by atoms with van der Waals surface area (Å²) in [4.78, 5) is 18.6. The van der Waals surface area contributed by atoms with Crippen molar-refractivity contribution in [1.82, 2.24) is 9.97 Å². The Kier molecular flexibility index (Phi) is 3.30. The van der Waals surface area contributed by atoms with Crippen molar-refractivity contribution in [3.63, 3.8) is 0 Å². The minimum atomic E-state index is -0.450. The van der Waals surface area contributed by atoms with Crippen LogP contribution >= 0.6 is 11.6 Å². The molecule has 0 saturated carbocycles. The van der Waals surface area contributed by atoms with Crippen molar-refractivity contribution >= 4 is 33.9 Å². The predicted molar refractivity (Wildman–Crippen MR) is 81.8 cm³/mol. The minimum absolute atomic E-state index is 0.0312. The fourth-order valence-corrected chi connectivity index (χ4v) is 2.19. The number of nitriles is 1. The summed E-state index contributed by atoms with van der Waals surface area (Å²) in [5, 5.41) is 13.7. The molecule has 5 nitrogen and oxygen atoms in total. The summed E-state index contributed by atoms with van der Waals surface area (Å²) >= 11 is 5.85. The Morgan fingerprint density at radius 3 is 2.71 bits per heavy atom. The van der Waals surface area contributed by atoms with Crippen LogP contribution in [0.4, 0.5) is 11.4 Å². The molecule has 0 aliphatic heterocycles. The minimum Gasteiger partial charge on any atom is -0.354 e. The zero-order valence-corrected chi connectivity index (χ0v) is 11.5.